The van der Waals surface area contributed by atoms with E-state index >= 15 is 0 Å². The maximum absolute atomic E-state index is 5.98. The summed E-state index contributed by atoms with van der Waals surface area (Å²) < 4.78 is 21.9. The largest absolute Gasteiger partial charge is 0.493 e. The van der Waals surface area contributed by atoms with Crippen molar-refractivity contribution in [2.24, 2.45) is 0 Å². The lowest BCUT2D eigenvalue weighted by Gasteiger charge is -2.34. The van der Waals surface area contributed by atoms with Crippen LogP contribution in [0, 0.1) is 4.77 Å². The number of aromatic nitrogens is 3. The van der Waals surface area contributed by atoms with Crippen LogP contribution in [0.15, 0.2) is 18.2 Å². The minimum Gasteiger partial charge on any atom is -0.493 e. The zero-order chi connectivity index (χ0) is 22.0. The Hall–Kier alpha value is -1.90. The molecule has 1 aliphatic carbocycles. The van der Waals surface area contributed by atoms with Crippen LogP contribution in [0.2, 0.25) is 0 Å². The van der Waals surface area contributed by atoms with Crippen molar-refractivity contribution in [3.63, 3.8) is 0 Å². The Bertz CT molecular complexity index is 941. The molecule has 170 valence electrons. The van der Waals surface area contributed by atoms with Gasteiger partial charge in [0.15, 0.2) is 22.1 Å². The van der Waals surface area contributed by atoms with E-state index in [1.165, 1.54) is 19.3 Å². The van der Waals surface area contributed by atoms with E-state index in [2.05, 4.69) is 23.3 Å². The standard InChI is InChI=1S/C23H34N4O3S/c1-16-13-25(14-17(2)30-16)15-26-23(31)27(19-8-6-5-7-9-19)22(24-26)18-10-11-20(28-3)21(12-18)29-4/h10-12,16-17,19H,5-9,13-15H2,1-4H3/t16-,17-/m1/s1. The van der Waals surface area contributed by atoms with Gasteiger partial charge in [-0.1, -0.05) is 19.3 Å². The molecule has 0 unspecified atom stereocenters. The molecule has 1 aromatic heterocycles. The number of ether oxygens (including phenoxy) is 3. The quantitative estimate of drug-likeness (QED) is 0.601. The SMILES string of the molecule is COc1ccc(-c2nn(CN3C[C@@H](C)O[C@H](C)C3)c(=S)n2C2CCCCC2)cc1OC. The first kappa shape index (κ1) is 22.3. The molecular formula is C23H34N4O3S. The van der Waals surface area contributed by atoms with Crippen molar-refractivity contribution in [2.45, 2.75) is 70.9 Å². The Kier molecular flexibility index (Phi) is 6.99. The first-order chi connectivity index (χ1) is 15.0. The van der Waals surface area contributed by atoms with Gasteiger partial charge >= 0.3 is 0 Å². The maximum Gasteiger partial charge on any atom is 0.199 e. The molecule has 4 rings (SSSR count). The predicted octanol–water partition coefficient (Wildman–Crippen LogP) is 4.67. The van der Waals surface area contributed by atoms with E-state index in [0.29, 0.717) is 24.2 Å². The van der Waals surface area contributed by atoms with E-state index in [1.54, 1.807) is 14.2 Å². The number of morpholine rings is 1. The average molecular weight is 447 g/mol. The van der Waals surface area contributed by atoms with Gasteiger partial charge in [-0.15, -0.1) is 0 Å². The normalized spacial score (nSPS) is 23.1. The third-order valence-electron chi connectivity index (χ3n) is 6.28. The Labute approximate surface area is 189 Å². The summed E-state index contributed by atoms with van der Waals surface area (Å²) in [6, 6.07) is 6.37. The van der Waals surface area contributed by atoms with Crippen LogP contribution in [0.1, 0.15) is 52.0 Å². The van der Waals surface area contributed by atoms with E-state index in [-0.39, 0.29) is 12.2 Å². The van der Waals surface area contributed by atoms with E-state index in [1.807, 2.05) is 22.9 Å². The van der Waals surface area contributed by atoms with Crippen LogP contribution >= 0.6 is 12.2 Å². The highest BCUT2D eigenvalue weighted by molar-refractivity contribution is 7.71. The van der Waals surface area contributed by atoms with Crippen molar-refractivity contribution in [2.75, 3.05) is 27.3 Å². The highest BCUT2D eigenvalue weighted by Crippen LogP contribution is 2.36. The lowest BCUT2D eigenvalue weighted by atomic mass is 9.95. The van der Waals surface area contributed by atoms with Crippen LogP contribution in [-0.4, -0.2) is 58.8 Å². The van der Waals surface area contributed by atoms with Crippen LogP contribution in [0.3, 0.4) is 0 Å². The van der Waals surface area contributed by atoms with Crippen molar-refractivity contribution in [3.8, 4) is 22.9 Å². The summed E-state index contributed by atoms with van der Waals surface area (Å²) in [4.78, 5) is 2.38. The van der Waals surface area contributed by atoms with Crippen molar-refractivity contribution in [1.29, 1.82) is 0 Å². The van der Waals surface area contributed by atoms with Crippen molar-refractivity contribution in [1.82, 2.24) is 19.2 Å². The molecule has 1 aliphatic heterocycles. The molecule has 0 N–H and O–H groups in total. The van der Waals surface area contributed by atoms with Gasteiger partial charge in [-0.25, -0.2) is 4.68 Å². The molecule has 8 heteroatoms. The molecule has 0 radical (unpaired) electrons. The zero-order valence-corrected chi connectivity index (χ0v) is 19.9. The number of rotatable bonds is 6. The summed E-state index contributed by atoms with van der Waals surface area (Å²) in [5.74, 6) is 2.32. The summed E-state index contributed by atoms with van der Waals surface area (Å²) in [6.07, 6.45) is 6.49. The molecule has 0 amide bonds. The fourth-order valence-electron chi connectivity index (χ4n) is 4.94. The van der Waals surface area contributed by atoms with Gasteiger partial charge < -0.3 is 14.2 Å². The van der Waals surface area contributed by atoms with Gasteiger partial charge in [-0.05, 0) is 57.1 Å². The molecule has 7 nitrogen and oxygen atoms in total. The molecule has 2 heterocycles. The van der Waals surface area contributed by atoms with Crippen LogP contribution in [0.25, 0.3) is 11.4 Å². The fraction of sp³-hybridized carbons (Fsp3) is 0.652. The van der Waals surface area contributed by atoms with Crippen molar-refractivity contribution in [3.05, 3.63) is 23.0 Å². The Morgan fingerprint density at radius 3 is 2.35 bits per heavy atom. The highest BCUT2D eigenvalue weighted by Gasteiger charge is 2.26. The molecule has 2 fully saturated rings. The Morgan fingerprint density at radius 1 is 1.03 bits per heavy atom. The molecule has 31 heavy (non-hydrogen) atoms. The number of hydrogen-bond donors (Lipinski definition) is 0. The summed E-state index contributed by atoms with van der Waals surface area (Å²) in [7, 11) is 3.31. The van der Waals surface area contributed by atoms with E-state index in [4.69, 9.17) is 31.5 Å². The van der Waals surface area contributed by atoms with E-state index in [0.717, 1.165) is 42.1 Å². The molecule has 1 saturated heterocycles. The van der Waals surface area contributed by atoms with Crippen LogP contribution in [-0.2, 0) is 11.4 Å². The Morgan fingerprint density at radius 2 is 1.71 bits per heavy atom. The van der Waals surface area contributed by atoms with Gasteiger partial charge in [0.1, 0.15) is 0 Å². The molecule has 2 atom stereocenters. The predicted molar refractivity (Wildman–Crippen MR) is 123 cm³/mol. The smallest absolute Gasteiger partial charge is 0.199 e. The topological polar surface area (TPSA) is 53.7 Å². The molecular weight excluding hydrogens is 412 g/mol. The third-order valence-corrected chi connectivity index (χ3v) is 6.69. The van der Waals surface area contributed by atoms with Crippen LogP contribution in [0.5, 0.6) is 11.5 Å². The molecule has 1 saturated carbocycles. The van der Waals surface area contributed by atoms with Gasteiger partial charge in [-0.3, -0.25) is 9.47 Å². The molecule has 0 spiro atoms. The molecule has 1 aromatic carbocycles. The summed E-state index contributed by atoms with van der Waals surface area (Å²) in [5, 5.41) is 5.03. The monoisotopic (exact) mass is 446 g/mol. The van der Waals surface area contributed by atoms with Gasteiger partial charge in [0.2, 0.25) is 0 Å². The first-order valence-electron chi connectivity index (χ1n) is 11.3. The second-order valence-corrected chi connectivity index (χ2v) is 9.14. The zero-order valence-electron chi connectivity index (χ0n) is 19.0. The average Bonchev–Trinajstić information content (AvgIpc) is 3.09. The van der Waals surface area contributed by atoms with Crippen molar-refractivity contribution < 1.29 is 14.2 Å². The van der Waals surface area contributed by atoms with E-state index < -0.39 is 0 Å². The summed E-state index contributed by atoms with van der Waals surface area (Å²) >= 11 is 5.98. The van der Waals surface area contributed by atoms with Gasteiger partial charge in [0.05, 0.1) is 33.1 Å². The van der Waals surface area contributed by atoms with E-state index in [9.17, 15) is 0 Å². The highest BCUT2D eigenvalue weighted by atomic mass is 32.1. The van der Waals surface area contributed by atoms with Gasteiger partial charge in [-0.2, -0.15) is 5.10 Å². The number of benzene rings is 1. The first-order valence-corrected chi connectivity index (χ1v) is 11.7. The molecule has 2 aromatic rings. The maximum atomic E-state index is 5.98. The van der Waals surface area contributed by atoms with Gasteiger partial charge in [0, 0.05) is 24.7 Å². The fourth-order valence-corrected chi connectivity index (χ4v) is 5.28. The molecule has 0 bridgehead atoms. The number of hydrogen-bond acceptors (Lipinski definition) is 6. The number of methoxy groups -OCH3 is 2. The lowest BCUT2D eigenvalue weighted by Crippen LogP contribution is -2.46. The molecule has 2 aliphatic rings. The summed E-state index contributed by atoms with van der Waals surface area (Å²) in [6.45, 7) is 6.69. The second kappa shape index (κ2) is 9.71. The van der Waals surface area contributed by atoms with Crippen LogP contribution in [0.4, 0.5) is 0 Å². The second-order valence-electron chi connectivity index (χ2n) is 8.77. The Balaban J connectivity index is 1.73. The third kappa shape index (κ3) is 4.81. The number of nitrogens with zero attached hydrogens (tertiary/aromatic N) is 4. The van der Waals surface area contributed by atoms with Crippen molar-refractivity contribution >= 4 is 12.2 Å². The van der Waals surface area contributed by atoms with Gasteiger partial charge in [0.25, 0.3) is 0 Å². The lowest BCUT2D eigenvalue weighted by molar-refractivity contribution is -0.0777. The summed E-state index contributed by atoms with van der Waals surface area (Å²) in [5.41, 5.74) is 0.997. The van der Waals surface area contributed by atoms with Crippen LogP contribution < -0.4 is 9.47 Å². The minimum atomic E-state index is 0.212. The minimum absolute atomic E-state index is 0.212.